The predicted octanol–water partition coefficient (Wildman–Crippen LogP) is 2.29. The first-order valence-electron chi connectivity index (χ1n) is 7.37. The molecule has 1 amide bonds. The molecule has 0 aliphatic rings. The van der Waals surface area contributed by atoms with Crippen molar-refractivity contribution in [2.75, 3.05) is 0 Å². The standard InChI is InChI=1S/C17H14ClN5O2/c1-11-15(10-20-21-16(24)12-4-3-7-19-9-12)17(25)23(22-11)14-6-2-5-13(18)8-14/h2-10,22H,1H3,(H,21,24)/b20-10+. The molecule has 0 aliphatic carbocycles. The molecular formula is C17H14ClN5O2. The van der Waals surface area contributed by atoms with Gasteiger partial charge in [-0.3, -0.25) is 19.7 Å². The molecule has 7 nitrogen and oxygen atoms in total. The van der Waals surface area contributed by atoms with Gasteiger partial charge in [0.15, 0.2) is 0 Å². The highest BCUT2D eigenvalue weighted by molar-refractivity contribution is 6.30. The Hall–Kier alpha value is -3.19. The molecule has 0 spiro atoms. The molecule has 25 heavy (non-hydrogen) atoms. The zero-order valence-corrected chi connectivity index (χ0v) is 14.0. The summed E-state index contributed by atoms with van der Waals surface area (Å²) in [6.07, 6.45) is 4.31. The van der Waals surface area contributed by atoms with E-state index in [-0.39, 0.29) is 5.56 Å². The third-order valence-corrected chi connectivity index (χ3v) is 3.70. The third kappa shape index (κ3) is 3.67. The molecule has 0 aliphatic heterocycles. The lowest BCUT2D eigenvalue weighted by atomic mass is 10.3. The number of aromatic nitrogens is 3. The second-order valence-electron chi connectivity index (χ2n) is 5.21. The maximum atomic E-state index is 12.5. The second kappa shape index (κ2) is 7.14. The number of aromatic amines is 1. The Bertz CT molecular complexity index is 992. The van der Waals surface area contributed by atoms with E-state index in [1.165, 1.54) is 17.1 Å². The number of aryl methyl sites for hydroxylation is 1. The molecule has 126 valence electrons. The van der Waals surface area contributed by atoms with Gasteiger partial charge < -0.3 is 0 Å². The number of hydrogen-bond acceptors (Lipinski definition) is 4. The Balaban J connectivity index is 1.82. The second-order valence-corrected chi connectivity index (χ2v) is 5.65. The molecular weight excluding hydrogens is 342 g/mol. The summed E-state index contributed by atoms with van der Waals surface area (Å²) < 4.78 is 1.37. The van der Waals surface area contributed by atoms with Crippen LogP contribution in [0, 0.1) is 6.92 Å². The van der Waals surface area contributed by atoms with Crippen molar-refractivity contribution in [3.8, 4) is 5.69 Å². The van der Waals surface area contributed by atoms with Crippen LogP contribution in [0.25, 0.3) is 5.69 Å². The van der Waals surface area contributed by atoms with Crippen LogP contribution in [0.3, 0.4) is 0 Å². The van der Waals surface area contributed by atoms with Crippen LogP contribution < -0.4 is 11.0 Å². The van der Waals surface area contributed by atoms with Crippen LogP contribution >= 0.6 is 11.6 Å². The molecule has 1 aromatic carbocycles. The lowest BCUT2D eigenvalue weighted by molar-refractivity contribution is 0.0955. The first-order chi connectivity index (χ1) is 12.1. The largest absolute Gasteiger partial charge is 0.295 e. The van der Waals surface area contributed by atoms with Crippen LogP contribution in [0.4, 0.5) is 0 Å². The number of benzene rings is 1. The molecule has 0 fully saturated rings. The number of rotatable bonds is 4. The van der Waals surface area contributed by atoms with Gasteiger partial charge in [-0.15, -0.1) is 0 Å². The molecule has 2 N–H and O–H groups in total. The third-order valence-electron chi connectivity index (χ3n) is 3.47. The van der Waals surface area contributed by atoms with E-state index in [9.17, 15) is 9.59 Å². The average molecular weight is 356 g/mol. The molecule has 0 bridgehead atoms. The van der Waals surface area contributed by atoms with Crippen molar-refractivity contribution < 1.29 is 4.79 Å². The van der Waals surface area contributed by atoms with E-state index in [2.05, 4.69) is 20.6 Å². The molecule has 3 aromatic rings. The van der Waals surface area contributed by atoms with Gasteiger partial charge in [-0.25, -0.2) is 10.1 Å². The minimum atomic E-state index is -0.410. The van der Waals surface area contributed by atoms with Gasteiger partial charge in [-0.1, -0.05) is 17.7 Å². The minimum Gasteiger partial charge on any atom is -0.295 e. The Kier molecular flexibility index (Phi) is 4.76. The van der Waals surface area contributed by atoms with E-state index in [1.807, 2.05) is 0 Å². The van der Waals surface area contributed by atoms with Crippen molar-refractivity contribution >= 4 is 23.7 Å². The van der Waals surface area contributed by atoms with Crippen LogP contribution in [0.2, 0.25) is 5.02 Å². The minimum absolute atomic E-state index is 0.292. The SMILES string of the molecule is Cc1[nH]n(-c2cccc(Cl)c2)c(=O)c1/C=N/NC(=O)c1cccnc1. The number of nitrogens with zero attached hydrogens (tertiary/aromatic N) is 3. The summed E-state index contributed by atoms with van der Waals surface area (Å²) >= 11 is 5.96. The van der Waals surface area contributed by atoms with E-state index in [0.717, 1.165) is 0 Å². The summed E-state index contributed by atoms with van der Waals surface area (Å²) in [5.41, 5.74) is 4.02. The quantitative estimate of drug-likeness (QED) is 0.555. The van der Waals surface area contributed by atoms with Crippen molar-refractivity contribution in [1.29, 1.82) is 0 Å². The van der Waals surface area contributed by atoms with Crippen molar-refractivity contribution in [2.45, 2.75) is 6.92 Å². The number of amides is 1. The molecule has 0 radical (unpaired) electrons. The topological polar surface area (TPSA) is 92.1 Å². The Morgan fingerprint density at radius 1 is 1.36 bits per heavy atom. The van der Waals surface area contributed by atoms with Gasteiger partial charge in [-0.05, 0) is 37.3 Å². The maximum absolute atomic E-state index is 12.5. The number of halogens is 1. The molecule has 3 rings (SSSR count). The maximum Gasteiger partial charge on any atom is 0.280 e. The van der Waals surface area contributed by atoms with Gasteiger partial charge in [-0.2, -0.15) is 5.10 Å². The highest BCUT2D eigenvalue weighted by Gasteiger charge is 2.11. The lowest BCUT2D eigenvalue weighted by Crippen LogP contribution is -2.20. The summed E-state index contributed by atoms with van der Waals surface area (Å²) in [5.74, 6) is -0.410. The van der Waals surface area contributed by atoms with Crippen molar-refractivity contribution in [3.63, 3.8) is 0 Å². The van der Waals surface area contributed by atoms with Gasteiger partial charge >= 0.3 is 0 Å². The van der Waals surface area contributed by atoms with Crippen molar-refractivity contribution in [3.05, 3.63) is 81.0 Å². The molecule has 8 heteroatoms. The number of carbonyl (C=O) groups is 1. The predicted molar refractivity (Wildman–Crippen MR) is 95.4 cm³/mol. The van der Waals surface area contributed by atoms with Crippen LogP contribution in [-0.4, -0.2) is 26.9 Å². The van der Waals surface area contributed by atoms with E-state index in [4.69, 9.17) is 11.6 Å². The molecule has 0 atom stereocenters. The van der Waals surface area contributed by atoms with Gasteiger partial charge in [0.05, 0.1) is 23.0 Å². The fourth-order valence-corrected chi connectivity index (χ4v) is 2.41. The number of hydrogen-bond donors (Lipinski definition) is 2. The number of H-pyrrole nitrogens is 1. The highest BCUT2D eigenvalue weighted by atomic mass is 35.5. The van der Waals surface area contributed by atoms with Crippen LogP contribution in [0.5, 0.6) is 0 Å². The Morgan fingerprint density at radius 2 is 2.20 bits per heavy atom. The summed E-state index contributed by atoms with van der Waals surface area (Å²) in [7, 11) is 0. The average Bonchev–Trinajstić information content (AvgIpc) is 2.90. The van der Waals surface area contributed by atoms with Crippen molar-refractivity contribution in [2.24, 2.45) is 5.10 Å². The van der Waals surface area contributed by atoms with Gasteiger partial charge in [0, 0.05) is 23.1 Å². The van der Waals surface area contributed by atoms with E-state index in [1.54, 1.807) is 49.5 Å². The molecule has 0 saturated carbocycles. The first-order valence-corrected chi connectivity index (χ1v) is 7.75. The number of pyridine rings is 1. The van der Waals surface area contributed by atoms with Crippen LogP contribution in [0.15, 0.2) is 58.7 Å². The summed E-state index contributed by atoms with van der Waals surface area (Å²) in [4.78, 5) is 28.3. The van der Waals surface area contributed by atoms with E-state index >= 15 is 0 Å². The van der Waals surface area contributed by atoms with Crippen LogP contribution in [0.1, 0.15) is 21.6 Å². The Morgan fingerprint density at radius 3 is 2.92 bits per heavy atom. The Labute approximate surface area is 148 Å². The smallest absolute Gasteiger partial charge is 0.280 e. The number of nitrogens with one attached hydrogen (secondary N) is 2. The van der Waals surface area contributed by atoms with E-state index < -0.39 is 5.91 Å². The fourth-order valence-electron chi connectivity index (χ4n) is 2.23. The summed E-state index contributed by atoms with van der Waals surface area (Å²) in [6, 6.07) is 10.2. The molecule has 0 saturated heterocycles. The molecule has 2 aromatic heterocycles. The van der Waals surface area contributed by atoms with Gasteiger partial charge in [0.25, 0.3) is 11.5 Å². The van der Waals surface area contributed by atoms with E-state index in [0.29, 0.717) is 27.5 Å². The fraction of sp³-hybridized carbons (Fsp3) is 0.0588. The monoisotopic (exact) mass is 355 g/mol. The normalized spacial score (nSPS) is 11.0. The van der Waals surface area contributed by atoms with Gasteiger partial charge in [0.2, 0.25) is 0 Å². The zero-order valence-electron chi connectivity index (χ0n) is 13.2. The summed E-state index contributed by atoms with van der Waals surface area (Å²) in [6.45, 7) is 1.74. The summed E-state index contributed by atoms with van der Waals surface area (Å²) in [5, 5.41) is 7.33. The number of carbonyl (C=O) groups excluding carboxylic acids is 1. The number of hydrazone groups is 1. The molecule has 2 heterocycles. The molecule has 0 unspecified atom stereocenters. The van der Waals surface area contributed by atoms with Gasteiger partial charge in [0.1, 0.15) is 0 Å². The van der Waals surface area contributed by atoms with Crippen molar-refractivity contribution in [1.82, 2.24) is 20.2 Å². The lowest BCUT2D eigenvalue weighted by Gasteiger charge is -2.01. The zero-order chi connectivity index (χ0) is 17.8. The van der Waals surface area contributed by atoms with Crippen LogP contribution in [-0.2, 0) is 0 Å². The first kappa shape index (κ1) is 16.7. The highest BCUT2D eigenvalue weighted by Crippen LogP contribution is 2.13.